The van der Waals surface area contributed by atoms with Crippen LogP contribution in [0.1, 0.15) is 42.5 Å². The van der Waals surface area contributed by atoms with E-state index in [1.54, 1.807) is 29.8 Å². The first-order valence-corrected chi connectivity index (χ1v) is 7.96. The monoisotopic (exact) mass is 343 g/mol. The minimum absolute atomic E-state index is 0.225. The van der Waals surface area contributed by atoms with Gasteiger partial charge in [-0.2, -0.15) is 5.10 Å². The largest absolute Gasteiger partial charge is 0.478 e. The van der Waals surface area contributed by atoms with Crippen molar-refractivity contribution in [3.05, 3.63) is 52.3 Å². The van der Waals surface area contributed by atoms with Gasteiger partial charge in [0.1, 0.15) is 0 Å². The average molecular weight is 344 g/mol. The molecule has 24 heavy (non-hydrogen) atoms. The molecule has 0 radical (unpaired) electrons. The van der Waals surface area contributed by atoms with Crippen LogP contribution in [0.25, 0.3) is 16.7 Å². The molecule has 124 valence electrons. The summed E-state index contributed by atoms with van der Waals surface area (Å²) in [6, 6.07) is 8.81. The molecule has 0 amide bonds. The van der Waals surface area contributed by atoms with Crippen LogP contribution in [-0.4, -0.2) is 25.8 Å². The Morgan fingerprint density at radius 2 is 1.83 bits per heavy atom. The third-order valence-electron chi connectivity index (χ3n) is 3.78. The minimum Gasteiger partial charge on any atom is -0.478 e. The number of hydrogen-bond donors (Lipinski definition) is 1. The normalized spacial score (nSPS) is 11.9. The molecule has 6 heteroatoms. The number of benzene rings is 1. The standard InChI is InChI=1S/C18H18ClN3O2/c1-10-9-13(17(23)24)14-15(18(2,3)4)21-22(16(14)20-10)12-7-5-11(19)6-8-12/h5-9H,1-4H3,(H,23,24). The summed E-state index contributed by atoms with van der Waals surface area (Å²) in [4.78, 5) is 16.3. The van der Waals surface area contributed by atoms with Crippen molar-refractivity contribution < 1.29 is 9.90 Å². The highest BCUT2D eigenvalue weighted by atomic mass is 35.5. The highest BCUT2D eigenvalue weighted by molar-refractivity contribution is 6.30. The molecule has 0 saturated carbocycles. The smallest absolute Gasteiger partial charge is 0.336 e. The number of aromatic carboxylic acids is 1. The van der Waals surface area contributed by atoms with Gasteiger partial charge in [0.05, 0.1) is 22.3 Å². The van der Waals surface area contributed by atoms with E-state index >= 15 is 0 Å². The van der Waals surface area contributed by atoms with Crippen LogP contribution in [-0.2, 0) is 5.41 Å². The molecular formula is C18H18ClN3O2. The third kappa shape index (κ3) is 2.76. The van der Waals surface area contributed by atoms with E-state index in [9.17, 15) is 9.90 Å². The van der Waals surface area contributed by atoms with Crippen LogP contribution < -0.4 is 0 Å². The Morgan fingerprint density at radius 3 is 2.38 bits per heavy atom. The molecule has 0 unspecified atom stereocenters. The van der Waals surface area contributed by atoms with E-state index in [2.05, 4.69) is 4.98 Å². The van der Waals surface area contributed by atoms with E-state index in [0.717, 1.165) is 5.69 Å². The second-order valence-corrected chi connectivity index (χ2v) is 7.24. The summed E-state index contributed by atoms with van der Waals surface area (Å²) >= 11 is 5.96. The van der Waals surface area contributed by atoms with Gasteiger partial charge in [0.25, 0.3) is 0 Å². The van der Waals surface area contributed by atoms with Crippen molar-refractivity contribution in [3.63, 3.8) is 0 Å². The average Bonchev–Trinajstić information content (AvgIpc) is 2.86. The van der Waals surface area contributed by atoms with Crippen LogP contribution >= 0.6 is 11.6 Å². The molecule has 0 saturated heterocycles. The Morgan fingerprint density at radius 1 is 1.21 bits per heavy atom. The molecule has 0 aliphatic carbocycles. The zero-order valence-corrected chi connectivity index (χ0v) is 14.7. The van der Waals surface area contributed by atoms with Gasteiger partial charge >= 0.3 is 5.97 Å². The second-order valence-electron chi connectivity index (χ2n) is 6.80. The molecule has 0 atom stereocenters. The number of carboxylic acid groups (broad SMARTS) is 1. The number of pyridine rings is 1. The number of aryl methyl sites for hydroxylation is 1. The Bertz CT molecular complexity index is 938. The molecule has 2 heterocycles. The van der Waals surface area contributed by atoms with Gasteiger partial charge in [-0.1, -0.05) is 32.4 Å². The molecule has 0 aliphatic heterocycles. The molecule has 2 aromatic heterocycles. The molecule has 1 N–H and O–H groups in total. The minimum atomic E-state index is -0.980. The maximum Gasteiger partial charge on any atom is 0.336 e. The maximum atomic E-state index is 11.8. The number of fused-ring (bicyclic) bond motifs is 1. The Kier molecular flexibility index (Phi) is 3.84. The first-order chi connectivity index (χ1) is 11.2. The lowest BCUT2D eigenvalue weighted by Gasteiger charge is -2.16. The Hall–Kier alpha value is -2.40. The fourth-order valence-corrected chi connectivity index (χ4v) is 2.82. The van der Waals surface area contributed by atoms with Crippen molar-refractivity contribution in [1.82, 2.24) is 14.8 Å². The van der Waals surface area contributed by atoms with Gasteiger partial charge in [-0.15, -0.1) is 0 Å². The van der Waals surface area contributed by atoms with Gasteiger partial charge in [-0.05, 0) is 37.3 Å². The van der Waals surface area contributed by atoms with Crippen LogP contribution in [0.3, 0.4) is 0 Å². The van der Waals surface area contributed by atoms with Gasteiger partial charge in [-0.3, -0.25) is 0 Å². The summed E-state index contributed by atoms with van der Waals surface area (Å²) in [5, 5.41) is 15.5. The Balaban J connectivity index is 2.43. The molecular weight excluding hydrogens is 326 g/mol. The van der Waals surface area contributed by atoms with Gasteiger partial charge in [0, 0.05) is 16.1 Å². The van der Waals surface area contributed by atoms with Crippen LogP contribution in [0, 0.1) is 6.92 Å². The van der Waals surface area contributed by atoms with E-state index in [4.69, 9.17) is 16.7 Å². The van der Waals surface area contributed by atoms with Gasteiger partial charge < -0.3 is 5.11 Å². The molecule has 1 aromatic carbocycles. The quantitative estimate of drug-likeness (QED) is 0.749. The summed E-state index contributed by atoms with van der Waals surface area (Å²) in [5.41, 5.74) is 2.57. The summed E-state index contributed by atoms with van der Waals surface area (Å²) in [5.74, 6) is -0.980. The second kappa shape index (κ2) is 5.60. The number of hydrogen-bond acceptors (Lipinski definition) is 3. The lowest BCUT2D eigenvalue weighted by atomic mass is 9.89. The van der Waals surface area contributed by atoms with E-state index in [-0.39, 0.29) is 11.0 Å². The van der Waals surface area contributed by atoms with Gasteiger partial charge in [0.2, 0.25) is 0 Å². The Labute approximate surface area is 144 Å². The predicted molar refractivity (Wildman–Crippen MR) is 94.3 cm³/mol. The number of carboxylic acids is 1. The van der Waals surface area contributed by atoms with E-state index in [0.29, 0.717) is 27.4 Å². The summed E-state index contributed by atoms with van der Waals surface area (Å²) < 4.78 is 1.69. The van der Waals surface area contributed by atoms with Crippen molar-refractivity contribution in [2.45, 2.75) is 33.1 Å². The molecule has 5 nitrogen and oxygen atoms in total. The molecule has 0 aliphatic rings. The van der Waals surface area contributed by atoms with Crippen LogP contribution in [0.5, 0.6) is 0 Å². The van der Waals surface area contributed by atoms with Crippen LogP contribution in [0.15, 0.2) is 30.3 Å². The van der Waals surface area contributed by atoms with Crippen molar-refractivity contribution in [2.24, 2.45) is 0 Å². The first-order valence-electron chi connectivity index (χ1n) is 7.58. The molecule has 0 spiro atoms. The molecule has 0 bridgehead atoms. The van der Waals surface area contributed by atoms with Gasteiger partial charge in [-0.25, -0.2) is 14.5 Å². The van der Waals surface area contributed by atoms with Gasteiger partial charge in [0.15, 0.2) is 5.65 Å². The summed E-state index contributed by atoms with van der Waals surface area (Å²) in [6.45, 7) is 7.80. The van der Waals surface area contributed by atoms with Crippen molar-refractivity contribution in [3.8, 4) is 5.69 Å². The van der Waals surface area contributed by atoms with Crippen LogP contribution in [0.4, 0.5) is 0 Å². The fraction of sp³-hybridized carbons (Fsp3) is 0.278. The lowest BCUT2D eigenvalue weighted by Crippen LogP contribution is -2.14. The number of halogens is 1. The molecule has 3 rings (SSSR count). The number of nitrogens with zero attached hydrogens (tertiary/aromatic N) is 3. The molecule has 0 fully saturated rings. The highest BCUT2D eigenvalue weighted by Gasteiger charge is 2.27. The summed E-state index contributed by atoms with van der Waals surface area (Å²) in [6.07, 6.45) is 0. The number of rotatable bonds is 2. The fourth-order valence-electron chi connectivity index (χ4n) is 2.70. The van der Waals surface area contributed by atoms with E-state index in [1.165, 1.54) is 0 Å². The zero-order chi connectivity index (χ0) is 17.6. The lowest BCUT2D eigenvalue weighted by molar-refractivity contribution is 0.0698. The third-order valence-corrected chi connectivity index (χ3v) is 4.03. The summed E-state index contributed by atoms with van der Waals surface area (Å²) in [7, 11) is 0. The van der Waals surface area contributed by atoms with Crippen LogP contribution in [0.2, 0.25) is 5.02 Å². The first kappa shape index (κ1) is 16.5. The zero-order valence-electron chi connectivity index (χ0n) is 14.0. The highest BCUT2D eigenvalue weighted by Crippen LogP contribution is 2.33. The maximum absolute atomic E-state index is 11.8. The van der Waals surface area contributed by atoms with E-state index in [1.807, 2.05) is 32.9 Å². The van der Waals surface area contributed by atoms with E-state index < -0.39 is 5.97 Å². The predicted octanol–water partition coefficient (Wildman–Crippen LogP) is 4.38. The topological polar surface area (TPSA) is 68.0 Å². The van der Waals surface area contributed by atoms with Crippen molar-refractivity contribution in [2.75, 3.05) is 0 Å². The van der Waals surface area contributed by atoms with Crippen molar-refractivity contribution >= 4 is 28.6 Å². The number of carbonyl (C=O) groups is 1. The number of aromatic nitrogens is 3. The van der Waals surface area contributed by atoms with Crippen molar-refractivity contribution in [1.29, 1.82) is 0 Å². The SMILES string of the molecule is Cc1cc(C(=O)O)c2c(C(C)(C)C)nn(-c3ccc(Cl)cc3)c2n1. The molecule has 3 aromatic rings.